The van der Waals surface area contributed by atoms with E-state index in [-0.39, 0.29) is 5.75 Å². The Labute approximate surface area is 119 Å². The summed E-state index contributed by atoms with van der Waals surface area (Å²) in [6.07, 6.45) is 0. The third-order valence-corrected chi connectivity index (χ3v) is 4.71. The van der Waals surface area contributed by atoms with Gasteiger partial charge in [0.1, 0.15) is 5.75 Å². The quantitative estimate of drug-likeness (QED) is 0.916. The minimum absolute atomic E-state index is 0.103. The summed E-state index contributed by atoms with van der Waals surface area (Å²) in [5.41, 5.74) is 7.10. The van der Waals surface area contributed by atoms with Gasteiger partial charge in [0.05, 0.1) is 17.8 Å². The lowest BCUT2D eigenvalue weighted by molar-refractivity contribution is 0.411. The molecule has 0 spiro atoms. The van der Waals surface area contributed by atoms with Gasteiger partial charge >= 0.3 is 0 Å². The van der Waals surface area contributed by atoms with Gasteiger partial charge in [-0.15, -0.1) is 0 Å². The fraction of sp³-hybridized carbons (Fsp3) is 0.200. The van der Waals surface area contributed by atoms with Crippen LogP contribution < -0.4 is 10.5 Å². The molecule has 0 saturated heterocycles. The fourth-order valence-electron chi connectivity index (χ4n) is 1.99. The third-order valence-electron chi connectivity index (χ3n) is 3.03. The van der Waals surface area contributed by atoms with Crippen molar-refractivity contribution in [3.8, 4) is 5.75 Å². The van der Waals surface area contributed by atoms with Crippen molar-refractivity contribution in [3.05, 3.63) is 59.7 Å². The third kappa shape index (κ3) is 3.18. The van der Waals surface area contributed by atoms with Crippen molar-refractivity contribution >= 4 is 9.84 Å². The van der Waals surface area contributed by atoms with E-state index >= 15 is 0 Å². The van der Waals surface area contributed by atoms with Crippen molar-refractivity contribution < 1.29 is 13.2 Å². The first-order valence-electron chi connectivity index (χ1n) is 6.20. The van der Waals surface area contributed by atoms with Gasteiger partial charge in [-0.2, -0.15) is 0 Å². The molecule has 0 atom stereocenters. The Bertz CT molecular complexity index is 682. The molecular weight excluding hydrogens is 274 g/mol. The van der Waals surface area contributed by atoms with Gasteiger partial charge < -0.3 is 10.5 Å². The zero-order valence-electron chi connectivity index (χ0n) is 11.2. The van der Waals surface area contributed by atoms with Crippen molar-refractivity contribution in [1.82, 2.24) is 0 Å². The first kappa shape index (κ1) is 14.6. The molecule has 0 unspecified atom stereocenters. The summed E-state index contributed by atoms with van der Waals surface area (Å²) in [6, 6.07) is 13.7. The average Bonchev–Trinajstić information content (AvgIpc) is 2.47. The van der Waals surface area contributed by atoms with Crippen molar-refractivity contribution in [2.45, 2.75) is 17.2 Å². The molecule has 0 heterocycles. The van der Waals surface area contributed by atoms with Gasteiger partial charge in [0.15, 0.2) is 9.84 Å². The maximum Gasteiger partial charge on any atom is 0.182 e. The van der Waals surface area contributed by atoms with Crippen LogP contribution in [0.3, 0.4) is 0 Å². The van der Waals surface area contributed by atoms with E-state index in [0.29, 0.717) is 22.8 Å². The molecule has 106 valence electrons. The summed E-state index contributed by atoms with van der Waals surface area (Å²) in [7, 11) is -1.87. The predicted octanol–water partition coefficient (Wildman–Crippen LogP) is 2.13. The molecule has 0 amide bonds. The van der Waals surface area contributed by atoms with Gasteiger partial charge in [0, 0.05) is 12.1 Å². The van der Waals surface area contributed by atoms with Crippen LogP contribution in [0.4, 0.5) is 0 Å². The summed E-state index contributed by atoms with van der Waals surface area (Å²) < 4.78 is 30.0. The van der Waals surface area contributed by atoms with E-state index in [1.165, 1.54) is 7.11 Å². The first-order valence-corrected chi connectivity index (χ1v) is 7.85. The first-order chi connectivity index (χ1) is 9.56. The molecule has 0 saturated carbocycles. The Kier molecular flexibility index (Phi) is 4.42. The normalized spacial score (nSPS) is 11.3. The molecular formula is C15H17NO3S. The molecule has 2 aromatic carbocycles. The van der Waals surface area contributed by atoms with E-state index < -0.39 is 9.84 Å². The Balaban J connectivity index is 2.38. The SMILES string of the molecule is COc1ccc(CN)cc1CS(=O)(=O)c1ccccc1. The van der Waals surface area contributed by atoms with Crippen molar-refractivity contribution in [1.29, 1.82) is 0 Å². The molecule has 2 rings (SSSR count). The van der Waals surface area contributed by atoms with Crippen LogP contribution in [0, 0.1) is 0 Å². The number of hydrogen-bond donors (Lipinski definition) is 1. The Morgan fingerprint density at radius 2 is 1.80 bits per heavy atom. The second-order valence-electron chi connectivity index (χ2n) is 4.42. The number of nitrogens with two attached hydrogens (primary N) is 1. The van der Waals surface area contributed by atoms with Crippen LogP contribution in [-0.2, 0) is 22.1 Å². The van der Waals surface area contributed by atoms with Crippen LogP contribution in [-0.4, -0.2) is 15.5 Å². The van der Waals surface area contributed by atoms with E-state index in [9.17, 15) is 8.42 Å². The van der Waals surface area contributed by atoms with E-state index in [1.807, 2.05) is 6.07 Å². The Morgan fingerprint density at radius 3 is 2.40 bits per heavy atom. The van der Waals surface area contributed by atoms with Crippen LogP contribution in [0.5, 0.6) is 5.75 Å². The molecule has 0 aromatic heterocycles. The highest BCUT2D eigenvalue weighted by Crippen LogP contribution is 2.25. The smallest absolute Gasteiger partial charge is 0.182 e. The monoisotopic (exact) mass is 291 g/mol. The van der Waals surface area contributed by atoms with Gasteiger partial charge in [-0.3, -0.25) is 0 Å². The maximum atomic E-state index is 12.4. The lowest BCUT2D eigenvalue weighted by atomic mass is 10.1. The maximum absolute atomic E-state index is 12.4. The highest BCUT2D eigenvalue weighted by Gasteiger charge is 2.17. The topological polar surface area (TPSA) is 69.4 Å². The lowest BCUT2D eigenvalue weighted by Gasteiger charge is -2.11. The van der Waals surface area contributed by atoms with Crippen LogP contribution in [0.15, 0.2) is 53.4 Å². The molecule has 20 heavy (non-hydrogen) atoms. The van der Waals surface area contributed by atoms with Crippen LogP contribution in [0.1, 0.15) is 11.1 Å². The molecule has 0 radical (unpaired) electrons. The number of ether oxygens (including phenoxy) is 1. The number of sulfone groups is 1. The van der Waals surface area contributed by atoms with E-state index in [4.69, 9.17) is 10.5 Å². The molecule has 0 aliphatic rings. The zero-order valence-corrected chi connectivity index (χ0v) is 12.1. The van der Waals surface area contributed by atoms with E-state index in [2.05, 4.69) is 0 Å². The molecule has 0 fully saturated rings. The van der Waals surface area contributed by atoms with Crippen molar-refractivity contribution in [3.63, 3.8) is 0 Å². The molecule has 0 aliphatic carbocycles. The highest BCUT2D eigenvalue weighted by molar-refractivity contribution is 7.90. The van der Waals surface area contributed by atoms with Gasteiger partial charge in [-0.25, -0.2) is 8.42 Å². The Hall–Kier alpha value is -1.85. The number of methoxy groups -OCH3 is 1. The zero-order chi connectivity index (χ0) is 14.6. The second-order valence-corrected chi connectivity index (χ2v) is 6.41. The predicted molar refractivity (Wildman–Crippen MR) is 78.2 cm³/mol. The summed E-state index contributed by atoms with van der Waals surface area (Å²) in [5.74, 6) is 0.454. The summed E-state index contributed by atoms with van der Waals surface area (Å²) >= 11 is 0. The van der Waals surface area contributed by atoms with E-state index in [1.54, 1.807) is 42.5 Å². The minimum atomic E-state index is -3.39. The summed E-state index contributed by atoms with van der Waals surface area (Å²) in [6.45, 7) is 0.363. The molecule has 0 bridgehead atoms. The van der Waals surface area contributed by atoms with Gasteiger partial charge in [-0.05, 0) is 29.8 Å². The number of benzene rings is 2. The van der Waals surface area contributed by atoms with Gasteiger partial charge in [0.25, 0.3) is 0 Å². The van der Waals surface area contributed by atoms with Crippen LogP contribution >= 0.6 is 0 Å². The Morgan fingerprint density at radius 1 is 1.10 bits per heavy atom. The van der Waals surface area contributed by atoms with Gasteiger partial charge in [0.2, 0.25) is 0 Å². The van der Waals surface area contributed by atoms with Crippen LogP contribution in [0.2, 0.25) is 0 Å². The number of hydrogen-bond acceptors (Lipinski definition) is 4. The molecule has 2 aromatic rings. The molecule has 5 heteroatoms. The highest BCUT2D eigenvalue weighted by atomic mass is 32.2. The standard InChI is InChI=1S/C15H17NO3S/c1-19-15-8-7-12(10-16)9-13(15)11-20(17,18)14-5-3-2-4-6-14/h2-9H,10-11,16H2,1H3. The van der Waals surface area contributed by atoms with Crippen LogP contribution in [0.25, 0.3) is 0 Å². The van der Waals surface area contributed by atoms with Crippen molar-refractivity contribution in [2.75, 3.05) is 7.11 Å². The average molecular weight is 291 g/mol. The summed E-state index contributed by atoms with van der Waals surface area (Å²) in [5, 5.41) is 0. The minimum Gasteiger partial charge on any atom is -0.496 e. The summed E-state index contributed by atoms with van der Waals surface area (Å²) in [4.78, 5) is 0.306. The van der Waals surface area contributed by atoms with Crippen molar-refractivity contribution in [2.24, 2.45) is 5.73 Å². The largest absolute Gasteiger partial charge is 0.496 e. The lowest BCUT2D eigenvalue weighted by Crippen LogP contribution is -2.07. The molecule has 4 nitrogen and oxygen atoms in total. The van der Waals surface area contributed by atoms with Gasteiger partial charge in [-0.1, -0.05) is 24.3 Å². The molecule has 2 N–H and O–H groups in total. The van der Waals surface area contributed by atoms with E-state index in [0.717, 1.165) is 5.56 Å². The number of rotatable bonds is 5. The fourth-order valence-corrected chi connectivity index (χ4v) is 3.36. The second kappa shape index (κ2) is 6.07. The molecule has 0 aliphatic heterocycles.